The largest absolute Gasteiger partial charge is 0.419 e. The lowest BCUT2D eigenvalue weighted by atomic mass is 9.95. The zero-order chi connectivity index (χ0) is 14.0. The lowest BCUT2D eigenvalue weighted by molar-refractivity contribution is -0.140. The molecule has 102 valence electrons. The summed E-state index contributed by atoms with van der Waals surface area (Å²) in [5.41, 5.74) is -2.83. The van der Waals surface area contributed by atoms with E-state index in [-0.39, 0.29) is 12.2 Å². The van der Waals surface area contributed by atoms with Gasteiger partial charge in [0.15, 0.2) is 0 Å². The summed E-state index contributed by atoms with van der Waals surface area (Å²) in [5, 5.41) is 9.96. The van der Waals surface area contributed by atoms with Crippen molar-refractivity contribution in [3.05, 3.63) is 35.1 Å². The second-order valence-corrected chi connectivity index (χ2v) is 4.10. The molecule has 0 fully saturated rings. The van der Waals surface area contributed by atoms with E-state index in [0.717, 1.165) is 6.07 Å². The topological polar surface area (TPSA) is 29.5 Å². The molecule has 18 heavy (non-hydrogen) atoms. The van der Waals surface area contributed by atoms with Crippen LogP contribution in [-0.2, 0) is 16.5 Å². The SMILES string of the molecule is CCOCC(C)(O)c1ccc(C(F)(F)F)c(F)c1. The molecule has 0 spiro atoms. The van der Waals surface area contributed by atoms with Gasteiger partial charge < -0.3 is 9.84 Å². The Hall–Kier alpha value is -1.14. The molecule has 6 heteroatoms. The molecule has 0 radical (unpaired) electrons. The third-order valence-electron chi connectivity index (χ3n) is 2.48. The number of ether oxygens (including phenoxy) is 1. The molecule has 1 aromatic carbocycles. The Labute approximate surface area is 102 Å². The molecule has 0 bridgehead atoms. The van der Waals surface area contributed by atoms with Crippen LogP contribution in [0, 0.1) is 5.82 Å². The molecule has 1 rings (SSSR count). The molecule has 0 saturated carbocycles. The summed E-state index contributed by atoms with van der Waals surface area (Å²) in [4.78, 5) is 0. The summed E-state index contributed by atoms with van der Waals surface area (Å²) in [6.07, 6.45) is -4.74. The van der Waals surface area contributed by atoms with E-state index in [1.165, 1.54) is 6.92 Å². The van der Waals surface area contributed by atoms with E-state index >= 15 is 0 Å². The van der Waals surface area contributed by atoms with Gasteiger partial charge in [-0.1, -0.05) is 6.07 Å². The predicted molar refractivity (Wildman–Crippen MR) is 57.5 cm³/mol. The Morgan fingerprint density at radius 3 is 2.33 bits per heavy atom. The maximum Gasteiger partial charge on any atom is 0.419 e. The zero-order valence-corrected chi connectivity index (χ0v) is 10.0. The maximum absolute atomic E-state index is 13.3. The van der Waals surface area contributed by atoms with Crippen LogP contribution in [-0.4, -0.2) is 18.3 Å². The van der Waals surface area contributed by atoms with Crippen molar-refractivity contribution in [3.63, 3.8) is 0 Å². The second-order valence-electron chi connectivity index (χ2n) is 4.10. The molecule has 0 saturated heterocycles. The van der Waals surface area contributed by atoms with Crippen molar-refractivity contribution in [2.45, 2.75) is 25.6 Å². The van der Waals surface area contributed by atoms with E-state index in [1.807, 2.05) is 0 Å². The quantitative estimate of drug-likeness (QED) is 0.849. The van der Waals surface area contributed by atoms with Crippen molar-refractivity contribution in [1.29, 1.82) is 0 Å². The van der Waals surface area contributed by atoms with Crippen molar-refractivity contribution >= 4 is 0 Å². The number of alkyl halides is 3. The molecule has 0 aliphatic rings. The average Bonchev–Trinajstić information content (AvgIpc) is 2.24. The predicted octanol–water partition coefficient (Wildman–Crippen LogP) is 3.09. The van der Waals surface area contributed by atoms with E-state index < -0.39 is 23.2 Å². The van der Waals surface area contributed by atoms with Gasteiger partial charge in [-0.3, -0.25) is 0 Å². The normalized spacial score (nSPS) is 15.5. The van der Waals surface area contributed by atoms with Crippen LogP contribution in [0.3, 0.4) is 0 Å². The van der Waals surface area contributed by atoms with E-state index in [4.69, 9.17) is 4.74 Å². The van der Waals surface area contributed by atoms with E-state index in [2.05, 4.69) is 0 Å². The summed E-state index contributed by atoms with van der Waals surface area (Å²) in [7, 11) is 0. The van der Waals surface area contributed by atoms with E-state index in [9.17, 15) is 22.7 Å². The van der Waals surface area contributed by atoms with E-state index in [0.29, 0.717) is 18.7 Å². The third kappa shape index (κ3) is 3.43. The minimum atomic E-state index is -4.74. The summed E-state index contributed by atoms with van der Waals surface area (Å²) in [6, 6.07) is 2.35. The Morgan fingerprint density at radius 2 is 1.89 bits per heavy atom. The van der Waals surface area contributed by atoms with Gasteiger partial charge in [-0.05, 0) is 31.5 Å². The van der Waals surface area contributed by atoms with Crippen molar-refractivity contribution in [2.75, 3.05) is 13.2 Å². The summed E-state index contributed by atoms with van der Waals surface area (Å²) in [5.74, 6) is -1.41. The van der Waals surface area contributed by atoms with Gasteiger partial charge in [-0.15, -0.1) is 0 Å². The standard InChI is InChI=1S/C12H14F4O2/c1-3-18-7-11(2,17)8-4-5-9(10(13)6-8)12(14,15)16/h4-6,17H,3,7H2,1-2H3. The van der Waals surface area contributed by atoms with Gasteiger partial charge >= 0.3 is 6.18 Å². The van der Waals surface area contributed by atoms with E-state index in [1.54, 1.807) is 6.92 Å². The van der Waals surface area contributed by atoms with Gasteiger partial charge in [0.05, 0.1) is 12.2 Å². The molecule has 0 amide bonds. The molecule has 1 N–H and O–H groups in total. The first-order valence-electron chi connectivity index (χ1n) is 5.36. The number of aliphatic hydroxyl groups is 1. The molecular formula is C12H14F4O2. The first-order chi connectivity index (χ1) is 8.18. The van der Waals surface area contributed by atoms with Crippen LogP contribution in [0.25, 0.3) is 0 Å². The summed E-state index contributed by atoms with van der Waals surface area (Å²) < 4.78 is 55.4. The van der Waals surface area contributed by atoms with Gasteiger partial charge in [0.1, 0.15) is 11.4 Å². The van der Waals surface area contributed by atoms with Gasteiger partial charge in [0, 0.05) is 6.61 Å². The van der Waals surface area contributed by atoms with Gasteiger partial charge in [0.25, 0.3) is 0 Å². The third-order valence-corrected chi connectivity index (χ3v) is 2.48. The van der Waals surface area contributed by atoms with Crippen molar-refractivity contribution in [1.82, 2.24) is 0 Å². The monoisotopic (exact) mass is 266 g/mol. The minimum Gasteiger partial charge on any atom is -0.383 e. The maximum atomic E-state index is 13.3. The number of benzene rings is 1. The van der Waals surface area contributed by atoms with Crippen LogP contribution in [0.1, 0.15) is 25.0 Å². The highest BCUT2D eigenvalue weighted by molar-refractivity contribution is 5.30. The Kier molecular flexibility index (Phi) is 4.34. The second kappa shape index (κ2) is 5.24. The molecule has 1 aromatic rings. The van der Waals surface area contributed by atoms with Crippen LogP contribution in [0.5, 0.6) is 0 Å². The lowest BCUT2D eigenvalue weighted by Crippen LogP contribution is -2.28. The zero-order valence-electron chi connectivity index (χ0n) is 10.0. The van der Waals surface area contributed by atoms with Gasteiger partial charge in [-0.2, -0.15) is 13.2 Å². The average molecular weight is 266 g/mol. The number of hydrogen-bond acceptors (Lipinski definition) is 2. The Balaban J connectivity index is 3.04. The minimum absolute atomic E-state index is 0.0430. The van der Waals surface area contributed by atoms with Crippen LogP contribution in [0.4, 0.5) is 17.6 Å². The highest BCUT2D eigenvalue weighted by Crippen LogP contribution is 2.33. The molecule has 0 heterocycles. The molecule has 0 aliphatic carbocycles. The van der Waals surface area contributed by atoms with Gasteiger partial charge in [0.2, 0.25) is 0 Å². The van der Waals surface area contributed by atoms with Crippen LogP contribution >= 0.6 is 0 Å². The lowest BCUT2D eigenvalue weighted by Gasteiger charge is -2.24. The first-order valence-corrected chi connectivity index (χ1v) is 5.36. The highest BCUT2D eigenvalue weighted by atomic mass is 19.4. The summed E-state index contributed by atoms with van der Waals surface area (Å²) in [6.45, 7) is 3.29. The number of rotatable bonds is 4. The highest BCUT2D eigenvalue weighted by Gasteiger charge is 2.35. The molecule has 0 aromatic heterocycles. The molecule has 2 nitrogen and oxygen atoms in total. The fourth-order valence-electron chi connectivity index (χ4n) is 1.46. The fraction of sp³-hybridized carbons (Fsp3) is 0.500. The number of halogens is 4. The molecule has 1 atom stereocenters. The van der Waals surface area contributed by atoms with Gasteiger partial charge in [-0.25, -0.2) is 4.39 Å². The first kappa shape index (κ1) is 14.9. The van der Waals surface area contributed by atoms with Crippen LogP contribution in [0.15, 0.2) is 18.2 Å². The van der Waals surface area contributed by atoms with Crippen LogP contribution in [0.2, 0.25) is 0 Å². The van der Waals surface area contributed by atoms with Crippen molar-refractivity contribution < 1.29 is 27.4 Å². The Bertz CT molecular complexity index is 413. The molecule has 1 unspecified atom stereocenters. The van der Waals surface area contributed by atoms with Crippen molar-refractivity contribution in [3.8, 4) is 0 Å². The number of hydrogen-bond donors (Lipinski definition) is 1. The van der Waals surface area contributed by atoms with Crippen molar-refractivity contribution in [2.24, 2.45) is 0 Å². The Morgan fingerprint density at radius 1 is 1.28 bits per heavy atom. The fourth-order valence-corrected chi connectivity index (χ4v) is 1.46. The molecular weight excluding hydrogens is 252 g/mol. The molecule has 0 aliphatic heterocycles. The van der Waals surface area contributed by atoms with Crippen LogP contribution < -0.4 is 0 Å². The summed E-state index contributed by atoms with van der Waals surface area (Å²) >= 11 is 0. The smallest absolute Gasteiger partial charge is 0.383 e.